The molecule has 1 N–H and O–H groups in total. The number of aryl methyl sites for hydroxylation is 3. The summed E-state index contributed by atoms with van der Waals surface area (Å²) in [6, 6.07) is 4.42. The molecule has 3 aromatic rings. The quantitative estimate of drug-likeness (QED) is 0.407. The molecule has 31 heavy (non-hydrogen) atoms. The number of thiophene rings is 1. The molecular weight excluding hydrogens is 476 g/mol. The van der Waals surface area contributed by atoms with Gasteiger partial charge >= 0.3 is 0 Å². The second-order valence-corrected chi connectivity index (χ2v) is 12.0. The summed E-state index contributed by atoms with van der Waals surface area (Å²) in [5.74, 6) is 0.581. The Kier molecular flexibility index (Phi) is 6.28. The molecule has 2 aromatic heterocycles. The van der Waals surface area contributed by atoms with Gasteiger partial charge in [0.05, 0.1) is 10.8 Å². The topological polar surface area (TPSA) is 92.3 Å². The van der Waals surface area contributed by atoms with Gasteiger partial charge in [-0.2, -0.15) is 0 Å². The lowest BCUT2D eigenvalue weighted by Gasteiger charge is -2.14. The zero-order valence-corrected chi connectivity index (χ0v) is 20.4. The lowest BCUT2D eigenvalue weighted by molar-refractivity contribution is -0.113. The third-order valence-electron chi connectivity index (χ3n) is 4.96. The van der Waals surface area contributed by atoms with E-state index in [1.807, 2.05) is 6.92 Å². The van der Waals surface area contributed by atoms with Crippen molar-refractivity contribution < 1.29 is 13.2 Å². The van der Waals surface area contributed by atoms with E-state index in [1.54, 1.807) is 17.4 Å². The number of anilines is 1. The maximum absolute atomic E-state index is 12.6. The molecule has 1 aliphatic rings. The van der Waals surface area contributed by atoms with Crippen LogP contribution >= 0.6 is 34.7 Å². The maximum atomic E-state index is 12.6. The van der Waals surface area contributed by atoms with Crippen LogP contribution in [0.3, 0.4) is 0 Å². The lowest BCUT2D eigenvalue weighted by atomic mass is 10.2. The highest BCUT2D eigenvalue weighted by atomic mass is 35.5. The molecule has 1 amide bonds. The molecule has 164 valence electrons. The minimum Gasteiger partial charge on any atom is -0.325 e. The predicted octanol–water partition coefficient (Wildman–Crippen LogP) is 4.12. The van der Waals surface area contributed by atoms with Crippen molar-refractivity contribution in [3.8, 4) is 0 Å². The van der Waals surface area contributed by atoms with Crippen LogP contribution in [0.5, 0.6) is 0 Å². The number of hydrogen-bond donors (Lipinski definition) is 1. The van der Waals surface area contributed by atoms with Crippen molar-refractivity contribution in [3.63, 3.8) is 0 Å². The summed E-state index contributed by atoms with van der Waals surface area (Å²) < 4.78 is 26.0. The molecule has 0 aliphatic heterocycles. The van der Waals surface area contributed by atoms with Crippen LogP contribution in [0.4, 0.5) is 5.69 Å². The summed E-state index contributed by atoms with van der Waals surface area (Å²) in [5.41, 5.74) is 1.69. The van der Waals surface area contributed by atoms with E-state index >= 15 is 0 Å². The van der Waals surface area contributed by atoms with Gasteiger partial charge in [0.2, 0.25) is 15.9 Å². The molecule has 0 atom stereocenters. The second kappa shape index (κ2) is 8.67. The fourth-order valence-electron chi connectivity index (χ4n) is 3.47. The van der Waals surface area contributed by atoms with Crippen LogP contribution in [-0.2, 0) is 27.7 Å². The number of carbonyl (C=O) groups excluding carboxylic acids is 1. The van der Waals surface area contributed by atoms with E-state index in [2.05, 4.69) is 15.3 Å². The number of aromatic nitrogens is 2. The highest BCUT2D eigenvalue weighted by Crippen LogP contribution is 2.40. The number of nitrogens with one attached hydrogen (secondary N) is 1. The van der Waals surface area contributed by atoms with E-state index in [-0.39, 0.29) is 21.6 Å². The number of sulfonamides is 1. The zero-order valence-electron chi connectivity index (χ0n) is 17.2. The number of nitrogens with zero attached hydrogens (tertiary/aromatic N) is 3. The van der Waals surface area contributed by atoms with Gasteiger partial charge in [-0.1, -0.05) is 23.4 Å². The summed E-state index contributed by atoms with van der Waals surface area (Å²) in [6.07, 6.45) is 3.24. The highest BCUT2D eigenvalue weighted by Gasteiger charge is 2.23. The van der Waals surface area contributed by atoms with Crippen molar-refractivity contribution in [1.29, 1.82) is 0 Å². The lowest BCUT2D eigenvalue weighted by Crippen LogP contribution is -2.23. The van der Waals surface area contributed by atoms with E-state index in [4.69, 9.17) is 11.6 Å². The first-order chi connectivity index (χ1) is 14.7. The highest BCUT2D eigenvalue weighted by molar-refractivity contribution is 8.00. The van der Waals surface area contributed by atoms with Gasteiger partial charge in [0.15, 0.2) is 0 Å². The van der Waals surface area contributed by atoms with Crippen molar-refractivity contribution in [1.82, 2.24) is 14.3 Å². The monoisotopic (exact) mass is 496 g/mol. The van der Waals surface area contributed by atoms with Crippen molar-refractivity contribution >= 4 is 66.5 Å². The van der Waals surface area contributed by atoms with E-state index in [9.17, 15) is 13.2 Å². The Bertz CT molecular complexity index is 1290. The van der Waals surface area contributed by atoms with Crippen LogP contribution in [0.15, 0.2) is 28.1 Å². The number of carbonyl (C=O) groups is 1. The molecule has 0 radical (unpaired) electrons. The van der Waals surface area contributed by atoms with Crippen LogP contribution < -0.4 is 5.32 Å². The van der Waals surface area contributed by atoms with Gasteiger partial charge in [-0.15, -0.1) is 11.3 Å². The molecule has 0 fully saturated rings. The average Bonchev–Trinajstić information content (AvgIpc) is 3.28. The van der Waals surface area contributed by atoms with E-state index < -0.39 is 10.0 Å². The second-order valence-electron chi connectivity index (χ2n) is 7.38. The number of amides is 1. The molecule has 1 aliphatic carbocycles. The van der Waals surface area contributed by atoms with Gasteiger partial charge in [0.25, 0.3) is 0 Å². The normalized spacial score (nSPS) is 13.7. The molecule has 0 unspecified atom stereocenters. The SMILES string of the molecule is Cc1nc(SCC(=O)Nc2ccc(Cl)c(S(=O)(=O)N(C)C)c2)c2c3c(sc2n1)CCC3. The Morgan fingerprint density at radius 1 is 1.29 bits per heavy atom. The number of hydrogen-bond acceptors (Lipinski definition) is 7. The smallest absolute Gasteiger partial charge is 0.244 e. The first-order valence-corrected chi connectivity index (χ1v) is 13.2. The summed E-state index contributed by atoms with van der Waals surface area (Å²) in [7, 11) is -0.861. The summed E-state index contributed by atoms with van der Waals surface area (Å²) in [4.78, 5) is 24.1. The maximum Gasteiger partial charge on any atom is 0.244 e. The van der Waals surface area contributed by atoms with Crippen LogP contribution in [0.1, 0.15) is 22.7 Å². The average molecular weight is 497 g/mol. The summed E-state index contributed by atoms with van der Waals surface area (Å²) >= 11 is 9.16. The molecule has 0 saturated heterocycles. The Balaban J connectivity index is 1.52. The molecule has 2 heterocycles. The molecule has 7 nitrogen and oxygen atoms in total. The zero-order chi connectivity index (χ0) is 22.3. The predicted molar refractivity (Wildman–Crippen MR) is 126 cm³/mol. The van der Waals surface area contributed by atoms with E-state index in [1.165, 1.54) is 48.4 Å². The standard InChI is InChI=1S/C20H21ClN4O3S3/c1-11-22-19(18-13-5-4-6-15(13)30-20(18)23-11)29-10-17(26)24-12-7-8-14(21)16(9-12)31(27,28)25(2)3/h7-9H,4-6,10H2,1-3H3,(H,24,26). The molecule has 4 rings (SSSR count). The van der Waals surface area contributed by atoms with E-state index in [0.29, 0.717) is 11.5 Å². The Labute approximate surface area is 194 Å². The van der Waals surface area contributed by atoms with Crippen LogP contribution in [0, 0.1) is 6.92 Å². The van der Waals surface area contributed by atoms with E-state index in [0.717, 1.165) is 38.8 Å². The van der Waals surface area contributed by atoms with Gasteiger partial charge in [0, 0.05) is 30.0 Å². The first kappa shape index (κ1) is 22.5. The summed E-state index contributed by atoms with van der Waals surface area (Å²) in [6.45, 7) is 1.86. The van der Waals surface area contributed by atoms with Crippen LogP contribution in [0.2, 0.25) is 5.02 Å². The van der Waals surface area contributed by atoms with Crippen LogP contribution in [0.25, 0.3) is 10.2 Å². The van der Waals surface area contributed by atoms with Gasteiger partial charge in [-0.3, -0.25) is 4.79 Å². The third kappa shape index (κ3) is 4.45. The summed E-state index contributed by atoms with van der Waals surface area (Å²) in [5, 5.41) is 4.76. The fraction of sp³-hybridized carbons (Fsp3) is 0.350. The van der Waals surface area contributed by atoms with Crippen LogP contribution in [-0.4, -0.2) is 48.4 Å². The minimum atomic E-state index is -3.72. The van der Waals surface area contributed by atoms with Crippen molar-refractivity contribution in [3.05, 3.63) is 39.5 Å². The van der Waals surface area contributed by atoms with Gasteiger partial charge in [-0.25, -0.2) is 22.7 Å². The Hall–Kier alpha value is -1.72. The molecule has 0 spiro atoms. The third-order valence-corrected chi connectivity index (χ3v) is 9.41. The van der Waals surface area contributed by atoms with Crippen molar-refractivity contribution in [2.24, 2.45) is 0 Å². The molecule has 0 saturated carbocycles. The molecular formula is C20H21ClN4O3S3. The number of thioether (sulfide) groups is 1. The van der Waals surface area contributed by atoms with Gasteiger partial charge in [0.1, 0.15) is 20.6 Å². The fourth-order valence-corrected chi connectivity index (χ4v) is 7.14. The molecule has 1 aromatic carbocycles. The van der Waals surface area contributed by atoms with Gasteiger partial charge in [-0.05, 0) is 49.9 Å². The minimum absolute atomic E-state index is 0.0495. The largest absolute Gasteiger partial charge is 0.325 e. The number of benzene rings is 1. The Morgan fingerprint density at radius 3 is 2.81 bits per heavy atom. The first-order valence-electron chi connectivity index (χ1n) is 9.60. The number of fused-ring (bicyclic) bond motifs is 3. The van der Waals surface area contributed by atoms with Crippen molar-refractivity contribution in [2.45, 2.75) is 36.1 Å². The number of halogens is 1. The Morgan fingerprint density at radius 2 is 2.06 bits per heavy atom. The van der Waals surface area contributed by atoms with Gasteiger partial charge < -0.3 is 5.32 Å². The number of rotatable bonds is 6. The molecule has 11 heteroatoms. The van der Waals surface area contributed by atoms with Crippen molar-refractivity contribution in [2.75, 3.05) is 25.2 Å². The molecule has 0 bridgehead atoms.